The molecule has 0 heterocycles. The standard InChI is InChI=1S/C9H11NO.ClH/c1-2-9(10)7-3-5-8(11)6-4-7;/h2-6,9,11H,1,10H2;1H/t9-;/m1./s1. The molecule has 0 amide bonds. The average Bonchev–Trinajstić information content (AvgIpc) is 2.05. The van der Waals surface area contributed by atoms with Gasteiger partial charge in [-0.2, -0.15) is 0 Å². The molecule has 66 valence electrons. The summed E-state index contributed by atoms with van der Waals surface area (Å²) in [7, 11) is 0. The van der Waals surface area contributed by atoms with Gasteiger partial charge in [0.05, 0.1) is 0 Å². The average molecular weight is 186 g/mol. The molecule has 0 radical (unpaired) electrons. The van der Waals surface area contributed by atoms with Gasteiger partial charge in [-0.05, 0) is 17.7 Å². The van der Waals surface area contributed by atoms with E-state index in [4.69, 9.17) is 10.8 Å². The van der Waals surface area contributed by atoms with Crippen LogP contribution in [0.3, 0.4) is 0 Å². The van der Waals surface area contributed by atoms with Gasteiger partial charge in [-0.1, -0.05) is 18.2 Å². The predicted octanol–water partition coefficient (Wildman–Crippen LogP) is 2.00. The molecular weight excluding hydrogens is 174 g/mol. The van der Waals surface area contributed by atoms with E-state index in [-0.39, 0.29) is 24.2 Å². The Labute approximate surface area is 78.1 Å². The number of aromatic hydroxyl groups is 1. The van der Waals surface area contributed by atoms with Gasteiger partial charge in [-0.25, -0.2) is 0 Å². The Kier molecular flexibility index (Phi) is 4.40. The molecule has 0 saturated heterocycles. The fourth-order valence-corrected chi connectivity index (χ4v) is 0.833. The second-order valence-electron chi connectivity index (χ2n) is 2.35. The summed E-state index contributed by atoms with van der Waals surface area (Å²) in [4.78, 5) is 0. The van der Waals surface area contributed by atoms with E-state index in [2.05, 4.69) is 6.58 Å². The van der Waals surface area contributed by atoms with Crippen LogP contribution in [-0.2, 0) is 0 Å². The van der Waals surface area contributed by atoms with Crippen molar-refractivity contribution in [3.8, 4) is 5.75 Å². The molecule has 1 aromatic carbocycles. The second kappa shape index (κ2) is 4.80. The number of hydrogen-bond acceptors (Lipinski definition) is 2. The first kappa shape index (κ1) is 11.0. The molecule has 0 saturated carbocycles. The lowest BCUT2D eigenvalue weighted by atomic mass is 10.1. The van der Waals surface area contributed by atoms with E-state index in [1.165, 1.54) is 0 Å². The third kappa shape index (κ3) is 2.57. The quantitative estimate of drug-likeness (QED) is 0.693. The van der Waals surface area contributed by atoms with Crippen LogP contribution < -0.4 is 5.73 Å². The molecule has 0 aliphatic heterocycles. The molecular formula is C9H12ClNO. The lowest BCUT2D eigenvalue weighted by Crippen LogP contribution is -2.05. The van der Waals surface area contributed by atoms with Gasteiger partial charge in [0.15, 0.2) is 0 Å². The van der Waals surface area contributed by atoms with Crippen LogP contribution in [0.1, 0.15) is 11.6 Å². The van der Waals surface area contributed by atoms with Crippen LogP contribution in [0.4, 0.5) is 0 Å². The van der Waals surface area contributed by atoms with Crippen molar-refractivity contribution in [3.63, 3.8) is 0 Å². The molecule has 1 rings (SSSR count). The lowest BCUT2D eigenvalue weighted by Gasteiger charge is -2.04. The molecule has 1 aromatic rings. The molecule has 3 N–H and O–H groups in total. The van der Waals surface area contributed by atoms with Crippen molar-refractivity contribution in [2.45, 2.75) is 6.04 Å². The maximum Gasteiger partial charge on any atom is 0.115 e. The Morgan fingerprint density at radius 2 is 1.83 bits per heavy atom. The normalized spacial score (nSPS) is 11.4. The van der Waals surface area contributed by atoms with E-state index in [9.17, 15) is 0 Å². The van der Waals surface area contributed by atoms with Crippen molar-refractivity contribution in [2.24, 2.45) is 5.73 Å². The largest absolute Gasteiger partial charge is 0.508 e. The van der Waals surface area contributed by atoms with Crippen LogP contribution in [-0.4, -0.2) is 5.11 Å². The number of halogens is 1. The van der Waals surface area contributed by atoms with Gasteiger partial charge in [-0.3, -0.25) is 0 Å². The fourth-order valence-electron chi connectivity index (χ4n) is 0.833. The van der Waals surface area contributed by atoms with Crippen LogP contribution in [0.15, 0.2) is 36.9 Å². The highest BCUT2D eigenvalue weighted by Gasteiger charge is 1.98. The Morgan fingerprint density at radius 1 is 1.33 bits per heavy atom. The SMILES string of the molecule is C=C[C@@H](N)c1ccc(O)cc1.Cl. The predicted molar refractivity (Wildman–Crippen MR) is 52.5 cm³/mol. The molecule has 0 bridgehead atoms. The van der Waals surface area contributed by atoms with Crippen molar-refractivity contribution < 1.29 is 5.11 Å². The van der Waals surface area contributed by atoms with Crippen LogP contribution in [0.25, 0.3) is 0 Å². The van der Waals surface area contributed by atoms with Crippen LogP contribution in [0, 0.1) is 0 Å². The maximum atomic E-state index is 8.94. The summed E-state index contributed by atoms with van der Waals surface area (Å²) >= 11 is 0. The van der Waals surface area contributed by atoms with Crippen molar-refractivity contribution in [2.75, 3.05) is 0 Å². The number of nitrogens with two attached hydrogens (primary N) is 1. The van der Waals surface area contributed by atoms with Crippen molar-refractivity contribution >= 4 is 12.4 Å². The second-order valence-corrected chi connectivity index (χ2v) is 2.35. The molecule has 0 aliphatic rings. The van der Waals surface area contributed by atoms with Gasteiger partial charge in [0.2, 0.25) is 0 Å². The highest BCUT2D eigenvalue weighted by atomic mass is 35.5. The van der Waals surface area contributed by atoms with Gasteiger partial charge in [0, 0.05) is 6.04 Å². The number of phenols is 1. The highest BCUT2D eigenvalue weighted by Crippen LogP contribution is 2.14. The molecule has 12 heavy (non-hydrogen) atoms. The fraction of sp³-hybridized carbons (Fsp3) is 0.111. The molecule has 0 aliphatic carbocycles. The summed E-state index contributed by atoms with van der Waals surface area (Å²) in [5, 5.41) is 8.94. The summed E-state index contributed by atoms with van der Waals surface area (Å²) in [5.74, 6) is 0.255. The smallest absolute Gasteiger partial charge is 0.115 e. The van der Waals surface area contributed by atoms with Gasteiger partial charge in [-0.15, -0.1) is 19.0 Å². The van der Waals surface area contributed by atoms with Crippen LogP contribution in [0.2, 0.25) is 0 Å². The number of phenolic OH excluding ortho intramolecular Hbond substituents is 1. The van der Waals surface area contributed by atoms with E-state index in [1.807, 2.05) is 0 Å². The monoisotopic (exact) mass is 185 g/mol. The molecule has 2 nitrogen and oxygen atoms in total. The molecule has 0 aromatic heterocycles. The van der Waals surface area contributed by atoms with E-state index < -0.39 is 0 Å². The number of benzene rings is 1. The minimum atomic E-state index is -0.143. The zero-order chi connectivity index (χ0) is 8.27. The molecule has 0 spiro atoms. The zero-order valence-electron chi connectivity index (χ0n) is 6.60. The van der Waals surface area contributed by atoms with Gasteiger partial charge in [0.25, 0.3) is 0 Å². The number of rotatable bonds is 2. The minimum absolute atomic E-state index is 0. The minimum Gasteiger partial charge on any atom is -0.508 e. The first-order chi connectivity index (χ1) is 5.24. The van der Waals surface area contributed by atoms with Gasteiger partial charge < -0.3 is 10.8 Å². The highest BCUT2D eigenvalue weighted by molar-refractivity contribution is 5.85. The topological polar surface area (TPSA) is 46.2 Å². The third-order valence-corrected chi connectivity index (χ3v) is 1.53. The van der Waals surface area contributed by atoms with Crippen molar-refractivity contribution in [1.29, 1.82) is 0 Å². The summed E-state index contributed by atoms with van der Waals surface area (Å²) in [6.07, 6.45) is 1.66. The zero-order valence-corrected chi connectivity index (χ0v) is 7.42. The maximum absolute atomic E-state index is 8.94. The summed E-state index contributed by atoms with van der Waals surface area (Å²) in [6, 6.07) is 6.64. The number of hydrogen-bond donors (Lipinski definition) is 2. The molecule has 0 fully saturated rings. The molecule has 0 unspecified atom stereocenters. The summed E-state index contributed by atoms with van der Waals surface area (Å²) in [5.41, 5.74) is 6.60. The molecule has 3 heteroatoms. The Balaban J connectivity index is 0.00000121. The van der Waals surface area contributed by atoms with Crippen LogP contribution >= 0.6 is 12.4 Å². The van der Waals surface area contributed by atoms with Crippen molar-refractivity contribution in [1.82, 2.24) is 0 Å². The van der Waals surface area contributed by atoms with Crippen molar-refractivity contribution in [3.05, 3.63) is 42.5 Å². The molecule has 1 atom stereocenters. The summed E-state index contributed by atoms with van der Waals surface area (Å²) < 4.78 is 0. The van der Waals surface area contributed by atoms with Crippen LogP contribution in [0.5, 0.6) is 5.75 Å². The first-order valence-corrected chi connectivity index (χ1v) is 3.41. The Morgan fingerprint density at radius 3 is 2.25 bits per heavy atom. The third-order valence-electron chi connectivity index (χ3n) is 1.53. The van der Waals surface area contributed by atoms with E-state index >= 15 is 0 Å². The van der Waals surface area contributed by atoms with Gasteiger partial charge >= 0.3 is 0 Å². The first-order valence-electron chi connectivity index (χ1n) is 3.41. The van der Waals surface area contributed by atoms with E-state index in [0.29, 0.717) is 0 Å². The lowest BCUT2D eigenvalue weighted by molar-refractivity contribution is 0.475. The van der Waals surface area contributed by atoms with Gasteiger partial charge in [0.1, 0.15) is 5.75 Å². The summed E-state index contributed by atoms with van der Waals surface area (Å²) in [6.45, 7) is 3.57. The van der Waals surface area contributed by atoms with E-state index in [0.717, 1.165) is 5.56 Å². The Hall–Kier alpha value is -0.990. The van der Waals surface area contributed by atoms with E-state index in [1.54, 1.807) is 30.3 Å². The Bertz CT molecular complexity index is 245.